The predicted molar refractivity (Wildman–Crippen MR) is 96.0 cm³/mol. The molecule has 0 atom stereocenters. The molecule has 2 amide bonds. The van der Waals surface area contributed by atoms with Crippen LogP contribution in [0.5, 0.6) is 5.75 Å². The average molecular weight is 360 g/mol. The van der Waals surface area contributed by atoms with Crippen molar-refractivity contribution in [1.29, 1.82) is 0 Å². The number of amides is 2. The Kier molecular flexibility index (Phi) is 4.92. The van der Waals surface area contributed by atoms with Gasteiger partial charge in [-0.15, -0.1) is 0 Å². The van der Waals surface area contributed by atoms with Gasteiger partial charge < -0.3 is 4.74 Å². The van der Waals surface area contributed by atoms with Crippen LogP contribution in [0.4, 0.5) is 4.79 Å². The average Bonchev–Trinajstić information content (AvgIpc) is 2.83. The van der Waals surface area contributed by atoms with Crippen LogP contribution in [0.15, 0.2) is 53.4 Å². The molecule has 0 unspecified atom stereocenters. The van der Waals surface area contributed by atoms with E-state index in [4.69, 9.17) is 16.3 Å². The second kappa shape index (κ2) is 7.11. The SMILES string of the molecule is COc1ccc(/C=C2\SC(=O)N(Cc3cccc(Cl)c3)C2=O)cc1. The lowest BCUT2D eigenvalue weighted by molar-refractivity contribution is -0.123. The molecule has 0 aromatic heterocycles. The first kappa shape index (κ1) is 16.6. The third-order valence-electron chi connectivity index (χ3n) is 3.52. The molecule has 0 saturated carbocycles. The van der Waals surface area contributed by atoms with E-state index in [1.165, 1.54) is 4.90 Å². The van der Waals surface area contributed by atoms with Gasteiger partial charge in [-0.05, 0) is 53.2 Å². The number of benzene rings is 2. The molecule has 0 N–H and O–H groups in total. The smallest absolute Gasteiger partial charge is 0.293 e. The predicted octanol–water partition coefficient (Wildman–Crippen LogP) is 4.59. The third kappa shape index (κ3) is 3.63. The van der Waals surface area contributed by atoms with E-state index in [2.05, 4.69) is 0 Å². The first-order chi connectivity index (χ1) is 11.6. The summed E-state index contributed by atoms with van der Waals surface area (Å²) in [5.41, 5.74) is 1.65. The quantitative estimate of drug-likeness (QED) is 0.749. The molecule has 6 heteroatoms. The number of nitrogens with zero attached hydrogens (tertiary/aromatic N) is 1. The van der Waals surface area contributed by atoms with E-state index in [9.17, 15) is 9.59 Å². The standard InChI is InChI=1S/C18H14ClNO3S/c1-23-15-7-5-12(6-8-15)10-16-17(21)20(18(22)24-16)11-13-3-2-4-14(19)9-13/h2-10H,11H2,1H3/b16-10-. The summed E-state index contributed by atoms with van der Waals surface area (Å²) in [4.78, 5) is 26.3. The summed E-state index contributed by atoms with van der Waals surface area (Å²) >= 11 is 6.89. The topological polar surface area (TPSA) is 46.6 Å². The number of halogens is 1. The fourth-order valence-electron chi connectivity index (χ4n) is 2.31. The second-order valence-corrected chi connectivity index (χ2v) is 6.60. The molecule has 0 spiro atoms. The number of methoxy groups -OCH3 is 1. The summed E-state index contributed by atoms with van der Waals surface area (Å²) in [6.07, 6.45) is 1.71. The monoisotopic (exact) mass is 359 g/mol. The molecule has 122 valence electrons. The number of thioether (sulfide) groups is 1. The highest BCUT2D eigenvalue weighted by Gasteiger charge is 2.34. The van der Waals surface area contributed by atoms with Crippen LogP contribution in [0, 0.1) is 0 Å². The van der Waals surface area contributed by atoms with Gasteiger partial charge in [0.1, 0.15) is 5.75 Å². The number of carbonyl (C=O) groups is 2. The van der Waals surface area contributed by atoms with Gasteiger partial charge in [-0.25, -0.2) is 0 Å². The molecule has 2 aromatic rings. The molecule has 1 aliphatic heterocycles. The van der Waals surface area contributed by atoms with Crippen molar-refractivity contribution in [2.24, 2.45) is 0 Å². The van der Waals surface area contributed by atoms with E-state index in [1.807, 2.05) is 30.3 Å². The number of rotatable bonds is 4. The molecule has 4 nitrogen and oxygen atoms in total. The van der Waals surface area contributed by atoms with Crippen LogP contribution >= 0.6 is 23.4 Å². The fourth-order valence-corrected chi connectivity index (χ4v) is 3.36. The van der Waals surface area contributed by atoms with Gasteiger partial charge in [0.2, 0.25) is 0 Å². The molecule has 1 heterocycles. The lowest BCUT2D eigenvalue weighted by Gasteiger charge is -2.12. The zero-order chi connectivity index (χ0) is 17.1. The van der Waals surface area contributed by atoms with Gasteiger partial charge in [-0.1, -0.05) is 35.9 Å². The van der Waals surface area contributed by atoms with Crippen molar-refractivity contribution < 1.29 is 14.3 Å². The molecular formula is C18H14ClNO3S. The van der Waals surface area contributed by atoms with Gasteiger partial charge in [0, 0.05) is 5.02 Å². The first-order valence-electron chi connectivity index (χ1n) is 7.20. The van der Waals surface area contributed by atoms with E-state index >= 15 is 0 Å². The highest BCUT2D eigenvalue weighted by atomic mass is 35.5. The Balaban J connectivity index is 1.79. The second-order valence-electron chi connectivity index (χ2n) is 5.17. The molecule has 1 aliphatic rings. The first-order valence-corrected chi connectivity index (χ1v) is 8.40. The number of ether oxygens (including phenoxy) is 1. The minimum atomic E-state index is -0.291. The molecule has 0 bridgehead atoms. The van der Waals surface area contributed by atoms with Crippen LogP contribution < -0.4 is 4.74 Å². The van der Waals surface area contributed by atoms with Crippen LogP contribution in [0.1, 0.15) is 11.1 Å². The maximum atomic E-state index is 12.5. The molecule has 3 rings (SSSR count). The Bertz CT molecular complexity index is 817. The lowest BCUT2D eigenvalue weighted by atomic mass is 10.2. The number of hydrogen-bond donors (Lipinski definition) is 0. The van der Waals surface area contributed by atoms with Crippen molar-refractivity contribution in [2.75, 3.05) is 7.11 Å². The van der Waals surface area contributed by atoms with Crippen molar-refractivity contribution in [3.63, 3.8) is 0 Å². The Morgan fingerprint density at radius 1 is 1.17 bits per heavy atom. The van der Waals surface area contributed by atoms with Crippen molar-refractivity contribution >= 4 is 40.6 Å². The zero-order valence-electron chi connectivity index (χ0n) is 12.9. The molecule has 0 aliphatic carbocycles. The molecule has 2 aromatic carbocycles. The van der Waals surface area contributed by atoms with E-state index in [1.54, 1.807) is 31.4 Å². The number of imide groups is 1. The zero-order valence-corrected chi connectivity index (χ0v) is 14.4. The largest absolute Gasteiger partial charge is 0.497 e. The van der Waals surface area contributed by atoms with Crippen LogP contribution in [0.3, 0.4) is 0 Å². The highest BCUT2D eigenvalue weighted by molar-refractivity contribution is 8.18. The fraction of sp³-hybridized carbons (Fsp3) is 0.111. The Labute approximate surface area is 149 Å². The summed E-state index contributed by atoms with van der Waals surface area (Å²) < 4.78 is 5.10. The van der Waals surface area contributed by atoms with Gasteiger partial charge in [-0.2, -0.15) is 0 Å². The molecule has 24 heavy (non-hydrogen) atoms. The van der Waals surface area contributed by atoms with Gasteiger partial charge in [-0.3, -0.25) is 14.5 Å². The Morgan fingerprint density at radius 3 is 2.58 bits per heavy atom. The Hall–Kier alpha value is -2.24. The molecular weight excluding hydrogens is 346 g/mol. The number of hydrogen-bond acceptors (Lipinski definition) is 4. The minimum Gasteiger partial charge on any atom is -0.497 e. The molecule has 0 radical (unpaired) electrons. The van der Waals surface area contributed by atoms with Crippen molar-refractivity contribution in [3.8, 4) is 5.75 Å². The van der Waals surface area contributed by atoms with Crippen LogP contribution in [0.2, 0.25) is 5.02 Å². The molecule has 1 fully saturated rings. The third-order valence-corrected chi connectivity index (χ3v) is 4.66. The normalized spacial score (nSPS) is 16.1. The van der Waals surface area contributed by atoms with Crippen molar-refractivity contribution in [3.05, 3.63) is 69.6 Å². The van der Waals surface area contributed by atoms with Gasteiger partial charge in [0.05, 0.1) is 18.6 Å². The van der Waals surface area contributed by atoms with Crippen LogP contribution in [0.25, 0.3) is 6.08 Å². The van der Waals surface area contributed by atoms with E-state index < -0.39 is 0 Å². The summed E-state index contributed by atoms with van der Waals surface area (Å²) in [5, 5.41) is 0.299. The van der Waals surface area contributed by atoms with Crippen LogP contribution in [-0.4, -0.2) is 23.2 Å². The maximum absolute atomic E-state index is 12.5. The minimum absolute atomic E-state index is 0.213. The Morgan fingerprint density at radius 2 is 1.92 bits per heavy atom. The maximum Gasteiger partial charge on any atom is 0.293 e. The number of carbonyl (C=O) groups excluding carboxylic acids is 2. The van der Waals surface area contributed by atoms with Crippen molar-refractivity contribution in [2.45, 2.75) is 6.54 Å². The van der Waals surface area contributed by atoms with Crippen molar-refractivity contribution in [1.82, 2.24) is 4.90 Å². The summed E-state index contributed by atoms with van der Waals surface area (Å²) in [6.45, 7) is 0.213. The van der Waals surface area contributed by atoms with E-state index in [0.29, 0.717) is 9.93 Å². The van der Waals surface area contributed by atoms with E-state index in [0.717, 1.165) is 28.6 Å². The van der Waals surface area contributed by atoms with Gasteiger partial charge >= 0.3 is 0 Å². The van der Waals surface area contributed by atoms with Crippen LogP contribution in [-0.2, 0) is 11.3 Å². The highest BCUT2D eigenvalue weighted by Crippen LogP contribution is 2.33. The lowest BCUT2D eigenvalue weighted by Crippen LogP contribution is -2.27. The summed E-state index contributed by atoms with van der Waals surface area (Å²) in [6, 6.07) is 14.4. The van der Waals surface area contributed by atoms with E-state index in [-0.39, 0.29) is 17.7 Å². The summed E-state index contributed by atoms with van der Waals surface area (Å²) in [7, 11) is 1.59. The summed E-state index contributed by atoms with van der Waals surface area (Å²) in [5.74, 6) is 0.446. The van der Waals surface area contributed by atoms with Gasteiger partial charge in [0.15, 0.2) is 0 Å². The van der Waals surface area contributed by atoms with Gasteiger partial charge in [0.25, 0.3) is 11.1 Å². The molecule has 1 saturated heterocycles.